The summed E-state index contributed by atoms with van der Waals surface area (Å²) in [4.78, 5) is 30.3. The molecule has 198 valence electrons. The molecule has 2 heterocycles. The third-order valence-corrected chi connectivity index (χ3v) is 6.08. The minimum Gasteiger partial charge on any atom is -0.464 e. The summed E-state index contributed by atoms with van der Waals surface area (Å²) in [6.07, 6.45) is 2.20. The summed E-state index contributed by atoms with van der Waals surface area (Å²) in [6, 6.07) is 14.9. The van der Waals surface area contributed by atoms with E-state index in [0.29, 0.717) is 23.1 Å². The Labute approximate surface area is 218 Å². The summed E-state index contributed by atoms with van der Waals surface area (Å²) in [7, 11) is 2.79. The number of nitrogens with one attached hydrogen (secondary N) is 2. The number of rotatable bonds is 11. The summed E-state index contributed by atoms with van der Waals surface area (Å²) in [6.45, 7) is 0.430. The zero-order chi connectivity index (χ0) is 27.1. The molecule has 0 aliphatic carbocycles. The van der Waals surface area contributed by atoms with Gasteiger partial charge in [-0.1, -0.05) is 36.4 Å². The van der Waals surface area contributed by atoms with Crippen molar-refractivity contribution in [1.82, 2.24) is 9.55 Å². The second-order valence-corrected chi connectivity index (χ2v) is 8.54. The molecule has 0 spiro atoms. The highest BCUT2D eigenvalue weighted by Gasteiger charge is 2.26. The Balaban J connectivity index is 1.69. The number of hydrogen-bond donors (Lipinski definition) is 2. The molecular weight excluding hydrogens is 494 g/mol. The van der Waals surface area contributed by atoms with E-state index in [4.69, 9.17) is 9.47 Å². The normalized spacial score (nSPS) is 10.9. The summed E-state index contributed by atoms with van der Waals surface area (Å²) in [5.41, 5.74) is 2.12. The second kappa shape index (κ2) is 12.3. The molecule has 0 aliphatic rings. The first-order valence-electron chi connectivity index (χ1n) is 12.0. The van der Waals surface area contributed by atoms with Gasteiger partial charge in [0.25, 0.3) is 0 Å². The number of aromatic nitrogens is 2. The highest BCUT2D eigenvalue weighted by atomic mass is 19.1. The van der Waals surface area contributed by atoms with E-state index < -0.39 is 17.6 Å². The molecule has 0 fully saturated rings. The molecule has 0 aliphatic heterocycles. The van der Waals surface area contributed by atoms with Crippen molar-refractivity contribution in [3.05, 3.63) is 89.2 Å². The zero-order valence-corrected chi connectivity index (χ0v) is 21.1. The average Bonchev–Trinajstić information content (AvgIpc) is 3.22. The molecule has 38 heavy (non-hydrogen) atoms. The number of carbonyl (C=O) groups excluding carboxylic acids is 2. The van der Waals surface area contributed by atoms with Crippen LogP contribution >= 0.6 is 0 Å². The summed E-state index contributed by atoms with van der Waals surface area (Å²) >= 11 is 0. The number of benzene rings is 2. The minimum atomic E-state index is -0.670. The number of aryl methyl sites for hydroxylation is 1. The molecule has 4 aromatic rings. The number of anilines is 2. The highest BCUT2D eigenvalue weighted by molar-refractivity contribution is 6.11. The number of methoxy groups -OCH3 is 2. The first kappa shape index (κ1) is 26.7. The molecule has 2 N–H and O–H groups in total. The fourth-order valence-corrected chi connectivity index (χ4v) is 4.15. The summed E-state index contributed by atoms with van der Waals surface area (Å²) < 4.78 is 40.1. The van der Waals surface area contributed by atoms with E-state index in [0.717, 1.165) is 5.56 Å². The zero-order valence-electron chi connectivity index (χ0n) is 21.1. The van der Waals surface area contributed by atoms with Crippen LogP contribution in [0.15, 0.2) is 60.8 Å². The summed E-state index contributed by atoms with van der Waals surface area (Å²) in [5.74, 6) is -2.29. The lowest BCUT2D eigenvalue weighted by Crippen LogP contribution is -2.18. The van der Waals surface area contributed by atoms with Crippen molar-refractivity contribution in [2.75, 3.05) is 31.5 Å². The fraction of sp³-hybridized carbons (Fsp3) is 0.250. The van der Waals surface area contributed by atoms with Gasteiger partial charge in [0.2, 0.25) is 5.91 Å². The third-order valence-electron chi connectivity index (χ3n) is 6.08. The number of carbonyl (C=O) groups is 2. The first-order chi connectivity index (χ1) is 18.4. The van der Waals surface area contributed by atoms with Gasteiger partial charge in [-0.3, -0.25) is 4.79 Å². The van der Waals surface area contributed by atoms with Crippen molar-refractivity contribution in [1.29, 1.82) is 0 Å². The molecule has 4 rings (SSSR count). The van der Waals surface area contributed by atoms with Gasteiger partial charge in [-0.15, -0.1) is 0 Å². The molecule has 10 heteroatoms. The smallest absolute Gasteiger partial charge is 0.356 e. The lowest BCUT2D eigenvalue weighted by atomic mass is 10.1. The Kier molecular flexibility index (Phi) is 8.65. The molecule has 0 unspecified atom stereocenters. The lowest BCUT2D eigenvalue weighted by Gasteiger charge is -2.10. The van der Waals surface area contributed by atoms with E-state index in [9.17, 15) is 18.4 Å². The van der Waals surface area contributed by atoms with Gasteiger partial charge in [-0.05, 0) is 30.2 Å². The Morgan fingerprint density at radius 2 is 1.76 bits per heavy atom. The highest BCUT2D eigenvalue weighted by Crippen LogP contribution is 2.33. The van der Waals surface area contributed by atoms with Gasteiger partial charge in [0.15, 0.2) is 5.69 Å². The van der Waals surface area contributed by atoms with E-state index in [1.165, 1.54) is 38.6 Å². The SMILES string of the molecule is COCCn1c(C(=O)OC)c(NC(=O)CCc2ccccc2)c2cc(NCc3c(F)cccc3F)cnc21. The molecular formula is C28H28F2N4O4. The van der Waals surface area contributed by atoms with E-state index in [1.54, 1.807) is 10.6 Å². The van der Waals surface area contributed by atoms with Crippen LogP contribution in [0.1, 0.15) is 28.0 Å². The topological polar surface area (TPSA) is 94.5 Å². The standard InChI is InChI=1S/C28H28F2N4O4/c1-37-14-13-34-26(28(36)38-2)25(33-24(35)12-11-18-7-4-3-5-8-18)20-15-19(16-32-27(20)34)31-17-21-22(29)9-6-10-23(21)30/h3-10,15-16,31H,11-14,17H2,1-2H3,(H,33,35). The largest absolute Gasteiger partial charge is 0.464 e. The maximum atomic E-state index is 14.1. The van der Waals surface area contributed by atoms with Crippen LogP contribution < -0.4 is 10.6 Å². The van der Waals surface area contributed by atoms with Gasteiger partial charge < -0.3 is 24.7 Å². The fourth-order valence-electron chi connectivity index (χ4n) is 4.15. The van der Waals surface area contributed by atoms with Crippen molar-refractivity contribution in [2.45, 2.75) is 25.9 Å². The maximum Gasteiger partial charge on any atom is 0.356 e. The van der Waals surface area contributed by atoms with Crippen molar-refractivity contribution >= 4 is 34.3 Å². The minimum absolute atomic E-state index is 0.116. The van der Waals surface area contributed by atoms with Crippen molar-refractivity contribution in [3.8, 4) is 0 Å². The number of fused-ring (bicyclic) bond motifs is 1. The Morgan fingerprint density at radius 1 is 1.03 bits per heavy atom. The quantitative estimate of drug-likeness (QED) is 0.271. The van der Waals surface area contributed by atoms with Crippen LogP contribution in [-0.4, -0.2) is 42.3 Å². The maximum absolute atomic E-state index is 14.1. The van der Waals surface area contributed by atoms with E-state index in [2.05, 4.69) is 15.6 Å². The monoisotopic (exact) mass is 522 g/mol. The van der Waals surface area contributed by atoms with Gasteiger partial charge in [0.05, 0.1) is 31.3 Å². The van der Waals surface area contributed by atoms with Crippen LogP contribution in [0.2, 0.25) is 0 Å². The van der Waals surface area contributed by atoms with Crippen LogP contribution in [0.3, 0.4) is 0 Å². The van der Waals surface area contributed by atoms with Gasteiger partial charge in [-0.2, -0.15) is 0 Å². The number of halogens is 2. The van der Waals surface area contributed by atoms with Crippen molar-refractivity contribution < 1.29 is 27.8 Å². The van der Waals surface area contributed by atoms with Crippen LogP contribution in [0.4, 0.5) is 20.2 Å². The predicted molar refractivity (Wildman–Crippen MR) is 140 cm³/mol. The number of hydrogen-bond acceptors (Lipinski definition) is 6. The molecule has 8 nitrogen and oxygen atoms in total. The molecule has 0 saturated heterocycles. The van der Waals surface area contributed by atoms with E-state index in [-0.39, 0.29) is 49.0 Å². The number of amides is 1. The van der Waals surface area contributed by atoms with Gasteiger partial charge >= 0.3 is 5.97 Å². The number of nitrogens with zero attached hydrogens (tertiary/aromatic N) is 2. The van der Waals surface area contributed by atoms with Crippen molar-refractivity contribution in [2.24, 2.45) is 0 Å². The third kappa shape index (κ3) is 5.97. The predicted octanol–water partition coefficient (Wildman–Crippen LogP) is 4.93. The number of esters is 1. The molecule has 1 amide bonds. The van der Waals surface area contributed by atoms with Gasteiger partial charge in [0.1, 0.15) is 17.3 Å². The molecule has 0 atom stereocenters. The van der Waals surface area contributed by atoms with Crippen LogP contribution in [0, 0.1) is 11.6 Å². The molecule has 0 saturated carbocycles. The number of pyridine rings is 1. The number of ether oxygens (including phenoxy) is 2. The Hall–Kier alpha value is -4.31. The molecule has 0 radical (unpaired) electrons. The second-order valence-electron chi connectivity index (χ2n) is 8.54. The van der Waals surface area contributed by atoms with Gasteiger partial charge in [0, 0.05) is 37.6 Å². The average molecular weight is 523 g/mol. The summed E-state index contributed by atoms with van der Waals surface area (Å²) in [5, 5.41) is 6.30. The Morgan fingerprint density at radius 3 is 2.45 bits per heavy atom. The molecule has 2 aromatic heterocycles. The van der Waals surface area contributed by atoms with E-state index in [1.807, 2.05) is 30.3 Å². The molecule has 0 bridgehead atoms. The van der Waals surface area contributed by atoms with Crippen LogP contribution in [0.25, 0.3) is 11.0 Å². The lowest BCUT2D eigenvalue weighted by molar-refractivity contribution is -0.116. The first-order valence-corrected chi connectivity index (χ1v) is 12.0. The molecule has 2 aromatic carbocycles. The Bertz CT molecular complexity index is 1420. The van der Waals surface area contributed by atoms with E-state index >= 15 is 0 Å². The van der Waals surface area contributed by atoms with Crippen molar-refractivity contribution in [3.63, 3.8) is 0 Å². The van der Waals surface area contributed by atoms with Crippen LogP contribution in [0.5, 0.6) is 0 Å². The van der Waals surface area contributed by atoms with Gasteiger partial charge in [-0.25, -0.2) is 18.6 Å². The van der Waals surface area contributed by atoms with Crippen LogP contribution in [-0.2, 0) is 33.8 Å².